The van der Waals surface area contributed by atoms with E-state index in [-0.39, 0.29) is 27.7 Å². The number of amides is 1. The zero-order valence-electron chi connectivity index (χ0n) is 20.8. The molecule has 1 amide bonds. The van der Waals surface area contributed by atoms with Crippen LogP contribution in [0.5, 0.6) is 11.5 Å². The number of nitrogens with zero attached hydrogens (tertiary/aromatic N) is 2. The van der Waals surface area contributed by atoms with Gasteiger partial charge in [0.2, 0.25) is 0 Å². The number of fused-ring (bicyclic) bond motifs is 1. The van der Waals surface area contributed by atoms with Gasteiger partial charge in [-0.25, -0.2) is 0 Å². The van der Waals surface area contributed by atoms with Crippen molar-refractivity contribution < 1.29 is 27.6 Å². The first-order valence-corrected chi connectivity index (χ1v) is 13.9. The number of carbonyl (C=O) groups excluding carboxylic acids is 1. The number of para-hydroxylation sites is 1. The molecular weight excluding hydrogens is 565 g/mol. The molecule has 0 radical (unpaired) electrons. The number of carbonyl (C=O) groups is 1. The third kappa shape index (κ3) is 5.99. The highest BCUT2D eigenvalue weighted by Gasteiger charge is 2.22. The molecule has 9 nitrogen and oxygen atoms in total. The molecule has 0 aromatic heterocycles. The summed E-state index contributed by atoms with van der Waals surface area (Å²) in [6, 6.07) is 15.8. The number of benzene rings is 4. The van der Waals surface area contributed by atoms with Gasteiger partial charge >= 0.3 is 0 Å². The van der Waals surface area contributed by atoms with E-state index in [9.17, 15) is 22.9 Å². The molecule has 0 fully saturated rings. The van der Waals surface area contributed by atoms with E-state index in [0.717, 1.165) is 6.07 Å². The van der Waals surface area contributed by atoms with E-state index in [1.54, 1.807) is 56.3 Å². The zero-order valence-corrected chi connectivity index (χ0v) is 23.1. The Kier molecular flexibility index (Phi) is 8.41. The Morgan fingerprint density at radius 2 is 1.72 bits per heavy atom. The van der Waals surface area contributed by atoms with Gasteiger partial charge in [0.1, 0.15) is 16.3 Å². The number of aryl methyl sites for hydroxylation is 1. The maximum atomic E-state index is 13.3. The minimum absolute atomic E-state index is 0.0762. The first kappa shape index (κ1) is 28.3. The molecule has 4 aromatic rings. The number of hydrogen-bond acceptors (Lipinski definition) is 7. The van der Waals surface area contributed by atoms with Gasteiger partial charge in [-0.05, 0) is 54.6 Å². The minimum Gasteiger partial charge on any atom is -0.505 e. The second kappa shape index (κ2) is 11.6. The summed E-state index contributed by atoms with van der Waals surface area (Å²) in [6.45, 7) is 3.84. The van der Waals surface area contributed by atoms with E-state index in [1.807, 2.05) is 0 Å². The minimum atomic E-state index is -4.70. The Morgan fingerprint density at radius 1 is 1.00 bits per heavy atom. The molecule has 0 aliphatic carbocycles. The van der Waals surface area contributed by atoms with Gasteiger partial charge in [-0.2, -0.15) is 8.42 Å². The first-order valence-electron chi connectivity index (χ1n) is 11.7. The van der Waals surface area contributed by atoms with Crippen molar-refractivity contribution >= 4 is 67.1 Å². The Bertz CT molecular complexity index is 1720. The zero-order chi connectivity index (χ0) is 28.3. The lowest BCUT2D eigenvalue weighted by Gasteiger charge is -2.15. The summed E-state index contributed by atoms with van der Waals surface area (Å²) >= 11 is 12.3. The lowest BCUT2D eigenvalue weighted by Crippen LogP contribution is -2.13. The molecule has 3 N–H and O–H groups in total. The second-order valence-electron chi connectivity index (χ2n) is 8.29. The molecular formula is C27H23Cl2N3O6S. The van der Waals surface area contributed by atoms with Gasteiger partial charge in [-0.3, -0.25) is 9.35 Å². The summed E-state index contributed by atoms with van der Waals surface area (Å²) in [5.74, 6) is -0.879. The molecule has 0 saturated carbocycles. The standard InChI is InChI=1S/C27H23Cl2N3O6S/c1-3-15-12-17(28)14-22(39(35,36)37)23(15)31-32-24-18-9-6-5-8-16(18)13-19(25(24)33)27(34)30-21-11-7-10-20(29)26(21)38-4-2/h5-14,33H,3-4H2,1-2H3,(H,30,34)(H,35,36,37). The quantitative estimate of drug-likeness (QED) is 0.142. The molecule has 39 heavy (non-hydrogen) atoms. The second-order valence-corrected chi connectivity index (χ2v) is 10.5. The molecule has 0 aliphatic heterocycles. The molecule has 0 aliphatic rings. The lowest BCUT2D eigenvalue weighted by atomic mass is 10.0. The Labute approximate surface area is 234 Å². The largest absolute Gasteiger partial charge is 0.505 e. The normalized spacial score (nSPS) is 11.7. The molecule has 0 spiro atoms. The van der Waals surface area contributed by atoms with Gasteiger partial charge in [-0.1, -0.05) is 60.5 Å². The molecule has 0 saturated heterocycles. The summed E-state index contributed by atoms with van der Waals surface area (Å²) in [5, 5.41) is 23.6. The van der Waals surface area contributed by atoms with Crippen LogP contribution in [0.15, 0.2) is 75.8 Å². The van der Waals surface area contributed by atoms with Gasteiger partial charge in [0.25, 0.3) is 16.0 Å². The molecule has 12 heteroatoms. The predicted octanol–water partition coefficient (Wildman–Crippen LogP) is 7.73. The van der Waals surface area contributed by atoms with Gasteiger partial charge in [0.05, 0.1) is 22.9 Å². The fraction of sp³-hybridized carbons (Fsp3) is 0.148. The van der Waals surface area contributed by atoms with Crippen LogP contribution in [0.2, 0.25) is 10.0 Å². The number of halogens is 2. The lowest BCUT2D eigenvalue weighted by molar-refractivity contribution is 0.102. The van der Waals surface area contributed by atoms with Crippen molar-refractivity contribution in [2.75, 3.05) is 11.9 Å². The Hall–Kier alpha value is -3.70. The molecule has 0 bridgehead atoms. The number of hydrogen-bond donors (Lipinski definition) is 3. The van der Waals surface area contributed by atoms with Crippen molar-refractivity contribution in [3.05, 3.63) is 81.8 Å². The number of aromatic hydroxyl groups is 1. The highest BCUT2D eigenvalue weighted by molar-refractivity contribution is 7.86. The van der Waals surface area contributed by atoms with Crippen LogP contribution in [0.3, 0.4) is 0 Å². The van der Waals surface area contributed by atoms with E-state index in [2.05, 4.69) is 15.5 Å². The summed E-state index contributed by atoms with van der Waals surface area (Å²) in [5.41, 5.74) is 0.375. The first-order chi connectivity index (χ1) is 18.5. The van der Waals surface area contributed by atoms with E-state index in [0.29, 0.717) is 40.1 Å². The molecule has 4 rings (SSSR count). The molecule has 0 unspecified atom stereocenters. The average molecular weight is 588 g/mol. The summed E-state index contributed by atoms with van der Waals surface area (Å²) < 4.78 is 39.4. The maximum absolute atomic E-state index is 13.3. The smallest absolute Gasteiger partial charge is 0.296 e. The van der Waals surface area contributed by atoms with Crippen molar-refractivity contribution in [3.8, 4) is 11.5 Å². The summed E-state index contributed by atoms with van der Waals surface area (Å²) in [6.07, 6.45) is 0.328. The summed E-state index contributed by atoms with van der Waals surface area (Å²) in [7, 11) is -4.70. The van der Waals surface area contributed by atoms with Crippen LogP contribution in [-0.2, 0) is 16.5 Å². The Balaban J connectivity index is 1.86. The SMILES string of the molecule is CCOc1c(Cl)cccc1NC(=O)c1cc2ccccc2c(N=Nc2c(CC)cc(Cl)cc2S(=O)(=O)O)c1O. The maximum Gasteiger partial charge on any atom is 0.296 e. The van der Waals surface area contributed by atoms with Gasteiger partial charge in [0, 0.05) is 10.4 Å². The van der Waals surface area contributed by atoms with E-state index >= 15 is 0 Å². The van der Waals surface area contributed by atoms with Crippen LogP contribution in [0, 0.1) is 0 Å². The van der Waals surface area contributed by atoms with Crippen molar-refractivity contribution in [2.45, 2.75) is 25.2 Å². The van der Waals surface area contributed by atoms with E-state index in [1.165, 1.54) is 12.1 Å². The molecule has 0 heterocycles. The van der Waals surface area contributed by atoms with Crippen LogP contribution < -0.4 is 10.1 Å². The topological polar surface area (TPSA) is 138 Å². The number of phenols is 1. The fourth-order valence-electron chi connectivity index (χ4n) is 3.99. The fourth-order valence-corrected chi connectivity index (χ4v) is 5.21. The van der Waals surface area contributed by atoms with Gasteiger partial charge in [-0.15, -0.1) is 10.2 Å². The molecule has 0 atom stereocenters. The van der Waals surface area contributed by atoms with Crippen LogP contribution in [0.1, 0.15) is 29.8 Å². The van der Waals surface area contributed by atoms with Crippen LogP contribution in [0.25, 0.3) is 10.8 Å². The third-order valence-electron chi connectivity index (χ3n) is 5.77. The summed E-state index contributed by atoms with van der Waals surface area (Å²) in [4.78, 5) is 12.8. The van der Waals surface area contributed by atoms with Crippen LogP contribution in [-0.4, -0.2) is 30.6 Å². The Morgan fingerprint density at radius 3 is 2.41 bits per heavy atom. The van der Waals surface area contributed by atoms with E-state index < -0.39 is 26.7 Å². The highest BCUT2D eigenvalue weighted by Crippen LogP contribution is 2.42. The van der Waals surface area contributed by atoms with Crippen molar-refractivity contribution in [3.63, 3.8) is 0 Å². The number of ether oxygens (including phenoxy) is 1. The number of rotatable bonds is 8. The number of anilines is 1. The van der Waals surface area contributed by atoms with Crippen LogP contribution in [0.4, 0.5) is 17.1 Å². The number of azo groups is 1. The third-order valence-corrected chi connectivity index (χ3v) is 7.15. The highest BCUT2D eigenvalue weighted by atomic mass is 35.5. The average Bonchev–Trinajstić information content (AvgIpc) is 2.89. The molecule has 202 valence electrons. The van der Waals surface area contributed by atoms with Gasteiger partial charge in [0.15, 0.2) is 11.5 Å². The predicted molar refractivity (Wildman–Crippen MR) is 151 cm³/mol. The van der Waals surface area contributed by atoms with Crippen molar-refractivity contribution in [1.29, 1.82) is 0 Å². The van der Waals surface area contributed by atoms with Crippen molar-refractivity contribution in [1.82, 2.24) is 0 Å². The van der Waals surface area contributed by atoms with Crippen LogP contribution >= 0.6 is 23.2 Å². The van der Waals surface area contributed by atoms with Crippen molar-refractivity contribution in [2.24, 2.45) is 10.2 Å². The molecule has 4 aromatic carbocycles. The van der Waals surface area contributed by atoms with E-state index in [4.69, 9.17) is 27.9 Å². The van der Waals surface area contributed by atoms with Gasteiger partial charge < -0.3 is 15.2 Å². The number of phenolic OH excluding ortho intramolecular Hbond substituents is 1. The number of nitrogens with one attached hydrogen (secondary N) is 1. The monoisotopic (exact) mass is 587 g/mol.